The van der Waals surface area contributed by atoms with E-state index in [2.05, 4.69) is 13.8 Å². The van der Waals surface area contributed by atoms with Gasteiger partial charge >= 0.3 is 0 Å². The number of rotatable bonds is 22. The smallest absolute Gasteiger partial charge is 0.290 e. The third-order valence-corrected chi connectivity index (χ3v) is 5.28. The molecular weight excluding hydrogens is 348 g/mol. The van der Waals surface area contributed by atoms with Gasteiger partial charge in [0.1, 0.15) is 0 Å². The molecule has 0 unspecified atom stereocenters. The predicted octanol–water partition coefficient (Wildman–Crippen LogP) is 8.55. The molecule has 170 valence electrons. The maximum atomic E-state index is 8.36. The summed E-state index contributed by atoms with van der Waals surface area (Å²) >= 11 is 0. The van der Waals surface area contributed by atoms with Crippen LogP contribution in [0.25, 0.3) is 0 Å². The Hall–Kier alpha value is -0.570. The Morgan fingerprint density at radius 1 is 0.500 bits per heavy atom. The zero-order valence-electron chi connectivity index (χ0n) is 19.4. The van der Waals surface area contributed by atoms with Crippen molar-refractivity contribution in [1.82, 2.24) is 0 Å². The van der Waals surface area contributed by atoms with Crippen molar-refractivity contribution in [2.24, 2.45) is 0 Å². The Morgan fingerprint density at radius 2 is 0.714 bits per heavy atom. The second-order valence-electron chi connectivity index (χ2n) is 8.08. The van der Waals surface area contributed by atoms with Crippen molar-refractivity contribution >= 4 is 6.47 Å². The van der Waals surface area contributed by atoms with Crippen molar-refractivity contribution in [2.45, 2.75) is 142 Å². The van der Waals surface area contributed by atoms with Crippen LogP contribution in [0.4, 0.5) is 0 Å². The summed E-state index contributed by atoms with van der Waals surface area (Å²) in [6.07, 6.45) is 28.2. The van der Waals surface area contributed by atoms with Gasteiger partial charge in [-0.15, -0.1) is 0 Å². The maximum Gasteiger partial charge on any atom is 0.290 e. The second kappa shape index (κ2) is 31.1. The molecule has 0 atom stereocenters. The number of hydrogen-bond acceptors (Lipinski definition) is 2. The largest absolute Gasteiger partial charge is 0.483 e. The standard InChI is InChI=1S/C24H50O.CH2O2/c1-3-5-7-9-11-13-15-17-19-21-23-25-24-22-20-18-16-14-12-10-8-6-4-2;2-1-3/h3-24H2,1-2H3;1H,(H,2,3). The van der Waals surface area contributed by atoms with E-state index in [0.29, 0.717) is 0 Å². The van der Waals surface area contributed by atoms with Crippen LogP contribution in [0.2, 0.25) is 0 Å². The highest BCUT2D eigenvalue weighted by atomic mass is 16.5. The summed E-state index contributed by atoms with van der Waals surface area (Å²) in [7, 11) is 0. The van der Waals surface area contributed by atoms with Crippen LogP contribution in [0.5, 0.6) is 0 Å². The van der Waals surface area contributed by atoms with Gasteiger partial charge in [0.2, 0.25) is 0 Å². The van der Waals surface area contributed by atoms with Gasteiger partial charge in [0.05, 0.1) is 0 Å². The van der Waals surface area contributed by atoms with Crippen LogP contribution >= 0.6 is 0 Å². The first-order chi connectivity index (χ1) is 13.8. The van der Waals surface area contributed by atoms with Crippen LogP contribution in [0, 0.1) is 0 Å². The van der Waals surface area contributed by atoms with E-state index in [4.69, 9.17) is 14.6 Å². The van der Waals surface area contributed by atoms with E-state index in [1.54, 1.807) is 0 Å². The molecule has 0 fully saturated rings. The minimum Gasteiger partial charge on any atom is -0.483 e. The molecule has 0 aliphatic rings. The van der Waals surface area contributed by atoms with Gasteiger partial charge < -0.3 is 9.84 Å². The highest BCUT2D eigenvalue weighted by Gasteiger charge is 1.95. The van der Waals surface area contributed by atoms with Crippen LogP contribution in [0.15, 0.2) is 0 Å². The lowest BCUT2D eigenvalue weighted by molar-refractivity contribution is -0.122. The number of carboxylic acid groups (broad SMARTS) is 1. The van der Waals surface area contributed by atoms with Gasteiger partial charge in [-0.3, -0.25) is 4.79 Å². The van der Waals surface area contributed by atoms with Crippen LogP contribution < -0.4 is 0 Å². The topological polar surface area (TPSA) is 46.5 Å². The molecule has 0 heterocycles. The Labute approximate surface area is 177 Å². The molecule has 0 radical (unpaired) electrons. The average Bonchev–Trinajstić information content (AvgIpc) is 2.70. The summed E-state index contributed by atoms with van der Waals surface area (Å²) in [5.41, 5.74) is 0. The minimum absolute atomic E-state index is 0.250. The first-order valence-corrected chi connectivity index (χ1v) is 12.5. The van der Waals surface area contributed by atoms with Crippen LogP contribution in [0.3, 0.4) is 0 Å². The van der Waals surface area contributed by atoms with Crippen molar-refractivity contribution < 1.29 is 14.6 Å². The lowest BCUT2D eigenvalue weighted by Gasteiger charge is -2.05. The first kappa shape index (κ1) is 29.6. The monoisotopic (exact) mass is 400 g/mol. The van der Waals surface area contributed by atoms with Crippen molar-refractivity contribution in [2.75, 3.05) is 13.2 Å². The van der Waals surface area contributed by atoms with Gasteiger partial charge in [-0.25, -0.2) is 0 Å². The molecule has 0 bridgehead atoms. The van der Waals surface area contributed by atoms with Crippen molar-refractivity contribution in [3.63, 3.8) is 0 Å². The number of hydrogen-bond donors (Lipinski definition) is 1. The molecule has 0 aliphatic heterocycles. The summed E-state index contributed by atoms with van der Waals surface area (Å²) in [5, 5.41) is 6.89. The number of ether oxygens (including phenoxy) is 1. The number of carbonyl (C=O) groups is 1. The molecule has 0 spiro atoms. The minimum atomic E-state index is -0.250. The summed E-state index contributed by atoms with van der Waals surface area (Å²) < 4.78 is 5.78. The summed E-state index contributed by atoms with van der Waals surface area (Å²) in [6, 6.07) is 0. The summed E-state index contributed by atoms with van der Waals surface area (Å²) in [6.45, 7) is 6.32. The Bertz CT molecular complexity index is 234. The van der Waals surface area contributed by atoms with E-state index in [1.807, 2.05) is 0 Å². The normalized spacial score (nSPS) is 10.5. The molecule has 0 rings (SSSR count). The van der Waals surface area contributed by atoms with Crippen molar-refractivity contribution in [3.8, 4) is 0 Å². The molecule has 3 heteroatoms. The van der Waals surface area contributed by atoms with E-state index in [9.17, 15) is 0 Å². The van der Waals surface area contributed by atoms with Gasteiger partial charge in [-0.1, -0.05) is 129 Å². The molecule has 0 aromatic carbocycles. The molecule has 0 aromatic heterocycles. The molecule has 28 heavy (non-hydrogen) atoms. The van der Waals surface area contributed by atoms with Gasteiger partial charge in [-0.05, 0) is 12.8 Å². The fourth-order valence-electron chi connectivity index (χ4n) is 3.49. The summed E-state index contributed by atoms with van der Waals surface area (Å²) in [4.78, 5) is 8.36. The average molecular weight is 401 g/mol. The molecule has 3 nitrogen and oxygen atoms in total. The van der Waals surface area contributed by atoms with E-state index < -0.39 is 0 Å². The second-order valence-corrected chi connectivity index (χ2v) is 8.08. The third kappa shape index (κ3) is 33.0. The fourth-order valence-corrected chi connectivity index (χ4v) is 3.49. The SMILES string of the molecule is CCCCCCCCCCCCOCCCCCCCCCCCC.O=CO. The zero-order chi connectivity index (χ0) is 21.0. The van der Waals surface area contributed by atoms with Crippen molar-refractivity contribution in [3.05, 3.63) is 0 Å². The molecule has 0 aliphatic carbocycles. The highest BCUT2D eigenvalue weighted by Crippen LogP contribution is 2.12. The van der Waals surface area contributed by atoms with Crippen LogP contribution in [0.1, 0.15) is 142 Å². The Balaban J connectivity index is 0. The zero-order valence-corrected chi connectivity index (χ0v) is 19.4. The summed E-state index contributed by atoms with van der Waals surface area (Å²) in [5.74, 6) is 0. The fraction of sp³-hybridized carbons (Fsp3) is 0.960. The van der Waals surface area contributed by atoms with Gasteiger partial charge in [0, 0.05) is 13.2 Å². The van der Waals surface area contributed by atoms with Gasteiger partial charge in [0.25, 0.3) is 6.47 Å². The van der Waals surface area contributed by atoms with Crippen LogP contribution in [-0.2, 0) is 9.53 Å². The maximum absolute atomic E-state index is 8.36. The van der Waals surface area contributed by atoms with E-state index in [1.165, 1.54) is 128 Å². The van der Waals surface area contributed by atoms with E-state index >= 15 is 0 Å². The Morgan fingerprint density at radius 3 is 0.964 bits per heavy atom. The lowest BCUT2D eigenvalue weighted by Crippen LogP contribution is -1.97. The molecule has 0 amide bonds. The molecule has 1 N–H and O–H groups in total. The predicted molar refractivity (Wildman–Crippen MR) is 123 cm³/mol. The quantitative estimate of drug-likeness (QED) is 0.146. The molecule has 0 saturated heterocycles. The van der Waals surface area contributed by atoms with E-state index in [0.717, 1.165) is 13.2 Å². The lowest BCUT2D eigenvalue weighted by atomic mass is 10.1. The molecule has 0 saturated carbocycles. The Kier molecular flexibility index (Phi) is 32.9. The third-order valence-electron chi connectivity index (χ3n) is 5.28. The molecule has 0 aromatic rings. The van der Waals surface area contributed by atoms with Crippen LogP contribution in [-0.4, -0.2) is 24.8 Å². The van der Waals surface area contributed by atoms with E-state index in [-0.39, 0.29) is 6.47 Å². The van der Waals surface area contributed by atoms with Gasteiger partial charge in [0.15, 0.2) is 0 Å². The highest BCUT2D eigenvalue weighted by molar-refractivity contribution is 5.32. The molecular formula is C25H52O3. The number of unbranched alkanes of at least 4 members (excludes halogenated alkanes) is 18. The first-order valence-electron chi connectivity index (χ1n) is 12.5. The van der Waals surface area contributed by atoms with Crippen molar-refractivity contribution in [1.29, 1.82) is 0 Å². The van der Waals surface area contributed by atoms with Gasteiger partial charge in [-0.2, -0.15) is 0 Å².